The number of rotatable bonds is 16. The van der Waals surface area contributed by atoms with E-state index in [4.69, 9.17) is 0 Å². The second-order valence-electron chi connectivity index (χ2n) is 26.1. The highest BCUT2D eigenvalue weighted by Gasteiger charge is 2.57. The molecular formula is C81H88Si. The summed E-state index contributed by atoms with van der Waals surface area (Å²) in [5.41, 5.74) is 27.1. The van der Waals surface area contributed by atoms with Crippen molar-refractivity contribution >= 4 is 23.6 Å². The summed E-state index contributed by atoms with van der Waals surface area (Å²) in [7, 11) is -3.55. The Bertz CT molecular complexity index is 3210. The molecule has 0 N–H and O–H groups in total. The minimum Gasteiger partial charge on any atom is -0.0730 e. The molecule has 0 nitrogen and oxygen atoms in total. The molecule has 9 aromatic rings. The Balaban J connectivity index is 1.43. The van der Waals surface area contributed by atoms with E-state index in [0.717, 1.165) is 0 Å². The van der Waals surface area contributed by atoms with E-state index in [9.17, 15) is 0 Å². The smallest absolute Gasteiger partial charge is 0.0730 e. The van der Waals surface area contributed by atoms with Gasteiger partial charge in [0.05, 0.1) is 0 Å². The molecule has 0 saturated heterocycles. The SMILES string of the molecule is CC1=CC(C)([Si](c2cc(-c3ccc(C(C)C)cc3)cc(-c3ccc(C(C)C)cc3)c2)(c2cc(-c3ccc(C(C)C)cc3)cc(-c3ccc(C(C)C)cc3)c2)c2cc(-c3ccc(C(C)C)cc3)cc(-c3ccc(C(C)C)cc3)c2)C(C)=C1C. The molecule has 0 spiro atoms. The first-order chi connectivity index (χ1) is 39.1. The Hall–Kier alpha value is -7.32. The van der Waals surface area contributed by atoms with Gasteiger partial charge >= 0.3 is 0 Å². The fraction of sp³-hybridized carbons (Fsp3) is 0.284. The zero-order chi connectivity index (χ0) is 58.4. The molecule has 0 radical (unpaired) electrons. The molecule has 1 aliphatic rings. The van der Waals surface area contributed by atoms with Gasteiger partial charge in [-0.05, 0) is 196 Å². The van der Waals surface area contributed by atoms with Gasteiger partial charge in [-0.15, -0.1) is 0 Å². The molecule has 1 aliphatic carbocycles. The molecule has 0 bridgehead atoms. The van der Waals surface area contributed by atoms with Crippen molar-refractivity contribution in [3.8, 4) is 66.8 Å². The summed E-state index contributed by atoms with van der Waals surface area (Å²) < 4.78 is 0. The lowest BCUT2D eigenvalue weighted by Crippen LogP contribution is -2.73. The lowest BCUT2D eigenvalue weighted by atomic mass is 9.94. The molecule has 416 valence electrons. The molecule has 0 aromatic heterocycles. The summed E-state index contributed by atoms with van der Waals surface area (Å²) in [5, 5.41) is 3.73. The first-order valence-corrected chi connectivity index (χ1v) is 32.6. The predicted octanol–water partition coefficient (Wildman–Crippen LogP) is 22.0. The van der Waals surface area contributed by atoms with Crippen LogP contribution in [0.25, 0.3) is 66.8 Å². The topological polar surface area (TPSA) is 0 Å². The normalized spacial score (nSPS) is 14.8. The number of hydrogen-bond donors (Lipinski definition) is 0. The molecule has 0 aliphatic heterocycles. The highest BCUT2D eigenvalue weighted by molar-refractivity contribution is 7.14. The monoisotopic (exact) mass is 1090 g/mol. The minimum absolute atomic E-state index is 0.431. The first kappa shape index (κ1) is 57.9. The molecule has 0 saturated carbocycles. The largest absolute Gasteiger partial charge is 0.161 e. The highest BCUT2D eigenvalue weighted by atomic mass is 28.3. The van der Waals surface area contributed by atoms with Gasteiger partial charge in [-0.25, -0.2) is 0 Å². The first-order valence-electron chi connectivity index (χ1n) is 30.6. The van der Waals surface area contributed by atoms with Crippen LogP contribution in [0.15, 0.2) is 223 Å². The lowest BCUT2D eigenvalue weighted by Gasteiger charge is -2.48. The van der Waals surface area contributed by atoms with E-state index in [-0.39, 0.29) is 0 Å². The van der Waals surface area contributed by atoms with Crippen molar-refractivity contribution < 1.29 is 0 Å². The quantitative estimate of drug-likeness (QED) is 0.0668. The van der Waals surface area contributed by atoms with Crippen LogP contribution in [0.5, 0.6) is 0 Å². The second kappa shape index (κ2) is 23.5. The van der Waals surface area contributed by atoms with E-state index in [2.05, 4.69) is 317 Å². The third-order valence-corrected chi connectivity index (χ3v) is 24.3. The molecule has 0 fully saturated rings. The van der Waals surface area contributed by atoms with Gasteiger partial charge in [0, 0.05) is 5.04 Å². The van der Waals surface area contributed by atoms with Crippen LogP contribution in [0.2, 0.25) is 5.04 Å². The molecular weight excluding hydrogens is 1000 g/mol. The Morgan fingerprint density at radius 1 is 0.256 bits per heavy atom. The second-order valence-corrected chi connectivity index (χ2v) is 30.4. The summed E-state index contributed by atoms with van der Waals surface area (Å²) in [6, 6.07) is 80.0. The van der Waals surface area contributed by atoms with Gasteiger partial charge in [-0.3, -0.25) is 0 Å². The van der Waals surface area contributed by atoms with Crippen LogP contribution in [0.4, 0.5) is 0 Å². The van der Waals surface area contributed by atoms with Crippen molar-refractivity contribution in [3.05, 3.63) is 256 Å². The van der Waals surface area contributed by atoms with Crippen molar-refractivity contribution in [2.45, 2.75) is 151 Å². The summed E-state index contributed by atoms with van der Waals surface area (Å²) >= 11 is 0. The van der Waals surface area contributed by atoms with E-state index in [1.165, 1.54) is 132 Å². The third-order valence-electron chi connectivity index (χ3n) is 18.8. The summed E-state index contributed by atoms with van der Waals surface area (Å²) in [4.78, 5) is 0. The van der Waals surface area contributed by atoms with E-state index in [0.29, 0.717) is 35.5 Å². The maximum absolute atomic E-state index is 3.55. The maximum atomic E-state index is 2.70. The molecule has 0 amide bonds. The van der Waals surface area contributed by atoms with Gasteiger partial charge in [0.1, 0.15) is 0 Å². The molecule has 1 unspecified atom stereocenters. The highest BCUT2D eigenvalue weighted by Crippen LogP contribution is 2.54. The average Bonchev–Trinajstić information content (AvgIpc) is 1.51. The van der Waals surface area contributed by atoms with E-state index < -0.39 is 13.1 Å². The van der Waals surface area contributed by atoms with E-state index in [1.54, 1.807) is 0 Å². The van der Waals surface area contributed by atoms with Crippen LogP contribution in [0.3, 0.4) is 0 Å². The lowest BCUT2D eigenvalue weighted by molar-refractivity contribution is 0.867. The van der Waals surface area contributed by atoms with Crippen LogP contribution in [0, 0.1) is 0 Å². The zero-order valence-electron chi connectivity index (χ0n) is 52.1. The van der Waals surface area contributed by atoms with Crippen molar-refractivity contribution in [2.75, 3.05) is 0 Å². The Labute approximate surface area is 495 Å². The predicted molar refractivity (Wildman–Crippen MR) is 362 cm³/mol. The van der Waals surface area contributed by atoms with Gasteiger partial charge in [0.15, 0.2) is 8.07 Å². The Morgan fingerprint density at radius 3 is 0.585 bits per heavy atom. The van der Waals surface area contributed by atoms with Crippen LogP contribution >= 0.6 is 0 Å². The maximum Gasteiger partial charge on any atom is 0.161 e. The standard InChI is InChI=1S/C81H88Si/c1-51(2)60-17-29-66(30-18-60)72-41-73(67-31-19-61(20-32-67)52(3)4)45-78(44-72)82(81(16)50-57(13)58(14)59(81)15,79-46-74(68-33-21-62(22-34-68)53(5)6)42-75(47-79)69-35-23-63(24-36-69)54(7)8)80-48-76(70-37-25-64(26-38-70)55(9)10)43-77(49-80)71-39-27-65(28-40-71)56(11)12/h17-56H,1-16H3. The van der Waals surface area contributed by atoms with Gasteiger partial charge in [0.25, 0.3) is 0 Å². The Morgan fingerprint density at radius 2 is 0.439 bits per heavy atom. The van der Waals surface area contributed by atoms with Crippen molar-refractivity contribution in [3.63, 3.8) is 0 Å². The van der Waals surface area contributed by atoms with Gasteiger partial charge in [-0.1, -0.05) is 289 Å². The summed E-state index contributed by atoms with van der Waals surface area (Å²) in [6.07, 6.45) is 2.70. The van der Waals surface area contributed by atoms with Crippen molar-refractivity contribution in [1.82, 2.24) is 0 Å². The van der Waals surface area contributed by atoms with Gasteiger partial charge in [-0.2, -0.15) is 0 Å². The van der Waals surface area contributed by atoms with Gasteiger partial charge < -0.3 is 0 Å². The number of hydrogen-bond acceptors (Lipinski definition) is 0. The van der Waals surface area contributed by atoms with Gasteiger partial charge in [0.2, 0.25) is 0 Å². The third kappa shape index (κ3) is 11.2. The van der Waals surface area contributed by atoms with Crippen LogP contribution in [-0.4, -0.2) is 8.07 Å². The van der Waals surface area contributed by atoms with E-state index in [1.807, 2.05) is 0 Å². The van der Waals surface area contributed by atoms with Crippen LogP contribution < -0.4 is 15.6 Å². The minimum atomic E-state index is -3.55. The van der Waals surface area contributed by atoms with Crippen LogP contribution in [-0.2, 0) is 0 Å². The number of allylic oxidation sites excluding steroid dienone is 4. The Kier molecular flexibility index (Phi) is 16.6. The molecule has 0 heterocycles. The fourth-order valence-electron chi connectivity index (χ4n) is 13.0. The fourth-order valence-corrected chi connectivity index (χ4v) is 19.2. The molecule has 9 aromatic carbocycles. The molecule has 82 heavy (non-hydrogen) atoms. The average molecular weight is 1090 g/mol. The number of benzene rings is 9. The van der Waals surface area contributed by atoms with Crippen LogP contribution in [0.1, 0.15) is 180 Å². The molecule has 1 heteroatoms. The molecule has 10 rings (SSSR count). The van der Waals surface area contributed by atoms with Crippen molar-refractivity contribution in [2.24, 2.45) is 0 Å². The van der Waals surface area contributed by atoms with Crippen molar-refractivity contribution in [1.29, 1.82) is 0 Å². The summed E-state index contributed by atoms with van der Waals surface area (Å²) in [6.45, 7) is 37.4. The van der Waals surface area contributed by atoms with E-state index >= 15 is 0 Å². The molecule has 1 atom stereocenters. The zero-order valence-corrected chi connectivity index (χ0v) is 53.1. The summed E-state index contributed by atoms with van der Waals surface area (Å²) in [5.74, 6) is 2.58.